The van der Waals surface area contributed by atoms with Crippen molar-refractivity contribution in [1.82, 2.24) is 15.0 Å². The summed E-state index contributed by atoms with van der Waals surface area (Å²) in [6.45, 7) is 4.35. The van der Waals surface area contributed by atoms with E-state index in [2.05, 4.69) is 26.3 Å². The molecule has 1 atom stereocenters. The first-order chi connectivity index (χ1) is 7.55. The van der Waals surface area contributed by atoms with Crippen LogP contribution >= 0.6 is 11.6 Å². The highest BCUT2D eigenvalue weighted by Crippen LogP contribution is 2.19. The number of nitrogens with two attached hydrogens (primary N) is 1. The molecule has 1 heterocycles. The van der Waals surface area contributed by atoms with Gasteiger partial charge in [0.25, 0.3) is 0 Å². The molecule has 0 amide bonds. The number of halogens is 1. The second-order valence-corrected chi connectivity index (χ2v) is 3.77. The Balaban J connectivity index is 3.19. The van der Waals surface area contributed by atoms with Gasteiger partial charge in [-0.15, -0.1) is 0 Å². The first-order valence-corrected chi connectivity index (χ1v) is 5.20. The topological polar surface area (TPSA) is 101 Å². The minimum atomic E-state index is -0.948. The molecule has 1 unspecified atom stereocenters. The smallest absolute Gasteiger partial charge is 0.227 e. The highest BCUT2D eigenvalue weighted by molar-refractivity contribution is 6.28. The first kappa shape index (κ1) is 12.6. The Hall–Kier alpha value is -1.45. The number of nitrogens with one attached hydrogen (secondary N) is 1. The van der Waals surface area contributed by atoms with E-state index >= 15 is 0 Å². The molecule has 6 nitrogen and oxygen atoms in total. The van der Waals surface area contributed by atoms with Crippen molar-refractivity contribution < 1.29 is 0 Å². The van der Waals surface area contributed by atoms with Gasteiger partial charge in [0.1, 0.15) is 5.41 Å². The summed E-state index contributed by atoms with van der Waals surface area (Å²) >= 11 is 5.75. The van der Waals surface area contributed by atoms with E-state index in [0.717, 1.165) is 0 Å². The maximum Gasteiger partial charge on any atom is 0.227 e. The second kappa shape index (κ2) is 5.05. The number of hydrogen-bond acceptors (Lipinski definition) is 6. The van der Waals surface area contributed by atoms with E-state index in [1.165, 1.54) is 0 Å². The van der Waals surface area contributed by atoms with Crippen molar-refractivity contribution in [2.75, 3.05) is 18.4 Å². The third-order valence-electron chi connectivity index (χ3n) is 2.09. The predicted molar refractivity (Wildman–Crippen MR) is 61.0 cm³/mol. The van der Waals surface area contributed by atoms with Crippen molar-refractivity contribution in [3.8, 4) is 6.07 Å². The fraction of sp³-hybridized carbons (Fsp3) is 0.556. The summed E-state index contributed by atoms with van der Waals surface area (Å²) in [6, 6.07) is 2.08. The number of nitrogens with zero attached hydrogens (tertiary/aromatic N) is 4. The second-order valence-electron chi connectivity index (χ2n) is 3.43. The molecule has 0 aliphatic carbocycles. The predicted octanol–water partition coefficient (Wildman–Crippen LogP) is 0.697. The van der Waals surface area contributed by atoms with Crippen LogP contribution in [0.25, 0.3) is 0 Å². The van der Waals surface area contributed by atoms with Gasteiger partial charge in [0.2, 0.25) is 11.2 Å². The number of rotatable bonds is 4. The van der Waals surface area contributed by atoms with Crippen molar-refractivity contribution >= 4 is 17.5 Å². The van der Waals surface area contributed by atoms with E-state index in [-0.39, 0.29) is 17.7 Å². The highest BCUT2D eigenvalue weighted by atomic mass is 35.5. The maximum absolute atomic E-state index is 9.06. The molecule has 0 bridgehead atoms. The fourth-order valence-corrected chi connectivity index (χ4v) is 1.18. The third-order valence-corrected chi connectivity index (χ3v) is 2.26. The van der Waals surface area contributed by atoms with Crippen LogP contribution in [-0.4, -0.2) is 28.0 Å². The van der Waals surface area contributed by atoms with E-state index in [4.69, 9.17) is 22.6 Å². The molecule has 0 fully saturated rings. The molecule has 7 heteroatoms. The zero-order valence-corrected chi connectivity index (χ0v) is 9.91. The van der Waals surface area contributed by atoms with Crippen LogP contribution in [0.15, 0.2) is 0 Å². The molecule has 0 saturated carbocycles. The number of aromatic nitrogens is 3. The Morgan fingerprint density at radius 2 is 2.19 bits per heavy atom. The summed E-state index contributed by atoms with van der Waals surface area (Å²) in [4.78, 5) is 11.9. The largest absolute Gasteiger partial charge is 0.354 e. The van der Waals surface area contributed by atoms with Crippen molar-refractivity contribution in [1.29, 1.82) is 5.26 Å². The summed E-state index contributed by atoms with van der Waals surface area (Å²) in [7, 11) is 0. The summed E-state index contributed by atoms with van der Waals surface area (Å²) in [6.07, 6.45) is 0. The minimum Gasteiger partial charge on any atom is -0.354 e. The van der Waals surface area contributed by atoms with E-state index < -0.39 is 5.41 Å². The molecule has 1 aromatic rings. The van der Waals surface area contributed by atoms with Crippen LogP contribution in [0.2, 0.25) is 5.28 Å². The molecule has 3 N–H and O–H groups in total. The minimum absolute atomic E-state index is 0.0517. The van der Waals surface area contributed by atoms with Gasteiger partial charge in [-0.25, -0.2) is 4.98 Å². The molecule has 0 aromatic carbocycles. The fourth-order valence-electron chi connectivity index (χ4n) is 1.02. The van der Waals surface area contributed by atoms with Gasteiger partial charge in [-0.3, -0.25) is 0 Å². The van der Waals surface area contributed by atoms with Crippen LogP contribution in [0.4, 0.5) is 5.95 Å². The molecule has 0 aliphatic heterocycles. The van der Waals surface area contributed by atoms with Crippen LogP contribution < -0.4 is 11.1 Å². The van der Waals surface area contributed by atoms with Gasteiger partial charge in [-0.2, -0.15) is 15.2 Å². The number of nitriles is 1. The van der Waals surface area contributed by atoms with E-state index in [1.54, 1.807) is 6.92 Å². The van der Waals surface area contributed by atoms with Crippen molar-refractivity contribution in [3.05, 3.63) is 11.1 Å². The first-order valence-electron chi connectivity index (χ1n) is 4.83. The van der Waals surface area contributed by atoms with Crippen LogP contribution in [0.3, 0.4) is 0 Å². The highest BCUT2D eigenvalue weighted by Gasteiger charge is 2.29. The Kier molecular flexibility index (Phi) is 3.99. The molecule has 1 rings (SSSR count). The van der Waals surface area contributed by atoms with Gasteiger partial charge in [-0.1, -0.05) is 0 Å². The zero-order valence-electron chi connectivity index (χ0n) is 9.16. The van der Waals surface area contributed by atoms with Crippen LogP contribution in [0.5, 0.6) is 0 Å². The molecule has 86 valence electrons. The third kappa shape index (κ3) is 2.56. The van der Waals surface area contributed by atoms with Crippen LogP contribution in [-0.2, 0) is 5.41 Å². The molecule has 1 aromatic heterocycles. The number of anilines is 1. The van der Waals surface area contributed by atoms with Crippen molar-refractivity contribution in [3.63, 3.8) is 0 Å². The van der Waals surface area contributed by atoms with E-state index in [9.17, 15) is 0 Å². The summed E-state index contributed by atoms with van der Waals surface area (Å²) in [5.41, 5.74) is 4.59. The summed E-state index contributed by atoms with van der Waals surface area (Å²) in [5, 5.41) is 12.0. The van der Waals surface area contributed by atoms with Crippen LogP contribution in [0, 0.1) is 11.3 Å². The Bertz CT molecular complexity index is 415. The van der Waals surface area contributed by atoms with Crippen molar-refractivity contribution in [2.24, 2.45) is 5.73 Å². The number of hydrogen-bond donors (Lipinski definition) is 2. The van der Waals surface area contributed by atoms with Gasteiger partial charge in [-0.05, 0) is 25.4 Å². The molecule has 16 heavy (non-hydrogen) atoms. The van der Waals surface area contributed by atoms with Crippen LogP contribution in [0.1, 0.15) is 19.7 Å². The lowest BCUT2D eigenvalue weighted by atomic mass is 9.92. The average Bonchev–Trinajstić information content (AvgIpc) is 2.27. The lowest BCUT2D eigenvalue weighted by molar-refractivity contribution is 0.575. The van der Waals surface area contributed by atoms with Gasteiger partial charge in [0.15, 0.2) is 5.82 Å². The van der Waals surface area contributed by atoms with Gasteiger partial charge in [0, 0.05) is 13.1 Å². The zero-order chi connectivity index (χ0) is 12.2. The maximum atomic E-state index is 9.06. The SMILES string of the molecule is CCNc1nc(Cl)nc(C(C)(C#N)CN)n1. The molecular formula is C9H13ClN6. The lowest BCUT2D eigenvalue weighted by Gasteiger charge is -2.17. The Morgan fingerprint density at radius 3 is 2.69 bits per heavy atom. The monoisotopic (exact) mass is 240 g/mol. The summed E-state index contributed by atoms with van der Waals surface area (Å²) in [5.74, 6) is 0.640. The van der Waals surface area contributed by atoms with E-state index in [0.29, 0.717) is 12.5 Å². The Morgan fingerprint density at radius 1 is 1.50 bits per heavy atom. The molecule has 0 radical (unpaired) electrons. The Labute approximate surface area is 98.9 Å². The molecular weight excluding hydrogens is 228 g/mol. The molecule has 0 spiro atoms. The van der Waals surface area contributed by atoms with Gasteiger partial charge >= 0.3 is 0 Å². The van der Waals surface area contributed by atoms with E-state index in [1.807, 2.05) is 6.92 Å². The van der Waals surface area contributed by atoms with Crippen molar-refractivity contribution in [2.45, 2.75) is 19.3 Å². The van der Waals surface area contributed by atoms with Gasteiger partial charge in [0.05, 0.1) is 6.07 Å². The molecule has 0 aliphatic rings. The normalized spacial score (nSPS) is 13.9. The van der Waals surface area contributed by atoms with Gasteiger partial charge < -0.3 is 11.1 Å². The molecule has 0 saturated heterocycles. The summed E-state index contributed by atoms with van der Waals surface area (Å²) < 4.78 is 0. The average molecular weight is 241 g/mol. The quantitative estimate of drug-likeness (QED) is 0.803. The lowest BCUT2D eigenvalue weighted by Crippen LogP contribution is -2.32. The standard InChI is InChI=1S/C9H13ClN6/c1-3-13-8-15-6(14-7(10)16-8)9(2,4-11)5-12/h3-4,11H2,1-2H3,(H,13,14,15,16).